The molecule has 1 aromatic rings. The van der Waals surface area contributed by atoms with Crippen LogP contribution in [0.4, 0.5) is 0 Å². The van der Waals surface area contributed by atoms with Gasteiger partial charge in [-0.3, -0.25) is 0 Å². The molecule has 1 saturated carbocycles. The van der Waals surface area contributed by atoms with Crippen LogP contribution in [-0.2, 0) is 4.74 Å². The highest BCUT2D eigenvalue weighted by atomic mass is 79.9. The average Bonchev–Trinajstić information content (AvgIpc) is 3.17. The van der Waals surface area contributed by atoms with Gasteiger partial charge in [0.2, 0.25) is 0 Å². The summed E-state index contributed by atoms with van der Waals surface area (Å²) in [5.41, 5.74) is 1.35. The first-order valence-corrected chi connectivity index (χ1v) is 8.36. The molecule has 1 aromatic carbocycles. The Hall–Kier alpha value is -0.380. The van der Waals surface area contributed by atoms with Crippen LogP contribution in [0.5, 0.6) is 0 Å². The molecule has 1 N–H and O–H groups in total. The molecule has 112 valence electrons. The van der Waals surface area contributed by atoms with Crippen LogP contribution in [0.3, 0.4) is 0 Å². The maximum atomic E-state index is 5.89. The lowest BCUT2D eigenvalue weighted by molar-refractivity contribution is -0.00624. The van der Waals surface area contributed by atoms with E-state index in [4.69, 9.17) is 4.74 Å². The van der Waals surface area contributed by atoms with Crippen LogP contribution in [0.15, 0.2) is 28.7 Å². The van der Waals surface area contributed by atoms with E-state index in [0.717, 1.165) is 30.1 Å². The van der Waals surface area contributed by atoms with Gasteiger partial charge >= 0.3 is 0 Å². The second kappa shape index (κ2) is 7.06. The number of rotatable bonds is 7. The Morgan fingerprint density at radius 3 is 2.45 bits per heavy atom. The highest BCUT2D eigenvalue weighted by Gasteiger charge is 2.22. The van der Waals surface area contributed by atoms with Gasteiger partial charge in [0, 0.05) is 23.7 Å². The number of halogens is 1. The van der Waals surface area contributed by atoms with Crippen molar-refractivity contribution < 1.29 is 4.74 Å². The van der Waals surface area contributed by atoms with Crippen LogP contribution in [0.25, 0.3) is 0 Å². The molecule has 1 aliphatic carbocycles. The van der Waals surface area contributed by atoms with E-state index in [1.807, 2.05) is 0 Å². The topological polar surface area (TPSA) is 21.3 Å². The van der Waals surface area contributed by atoms with Crippen molar-refractivity contribution in [3.8, 4) is 0 Å². The first-order valence-electron chi connectivity index (χ1n) is 7.57. The zero-order chi connectivity index (χ0) is 14.6. The third kappa shape index (κ3) is 5.94. The molecule has 0 amide bonds. The number of nitrogens with one attached hydrogen (secondary N) is 1. The normalized spacial score (nSPS) is 17.2. The van der Waals surface area contributed by atoms with E-state index in [0.29, 0.717) is 5.92 Å². The molecule has 0 aliphatic heterocycles. The van der Waals surface area contributed by atoms with Crippen LogP contribution in [-0.4, -0.2) is 24.8 Å². The average molecular weight is 340 g/mol. The van der Waals surface area contributed by atoms with Crippen molar-refractivity contribution in [2.75, 3.05) is 13.2 Å². The van der Waals surface area contributed by atoms with Gasteiger partial charge in [-0.25, -0.2) is 0 Å². The minimum absolute atomic E-state index is 0.0474. The van der Waals surface area contributed by atoms with Gasteiger partial charge < -0.3 is 10.1 Å². The molecule has 1 unspecified atom stereocenters. The molecule has 0 saturated heterocycles. The van der Waals surface area contributed by atoms with E-state index >= 15 is 0 Å². The first kappa shape index (κ1) is 16.0. The summed E-state index contributed by atoms with van der Waals surface area (Å²) in [6.45, 7) is 8.22. The summed E-state index contributed by atoms with van der Waals surface area (Å²) < 4.78 is 7.03. The maximum absolute atomic E-state index is 5.89. The molecule has 1 aliphatic rings. The standard InChI is InChI=1S/C17H26BrNO/c1-17(2,3)20-11-10-14(12-19-16-8-9-16)13-4-6-15(18)7-5-13/h4-7,14,16,19H,8-12H2,1-3H3. The highest BCUT2D eigenvalue weighted by molar-refractivity contribution is 9.10. The van der Waals surface area contributed by atoms with Gasteiger partial charge in [0.05, 0.1) is 5.60 Å². The second-order valence-electron chi connectivity index (χ2n) is 6.68. The summed E-state index contributed by atoms with van der Waals surface area (Å²) in [5.74, 6) is 0.533. The van der Waals surface area contributed by atoms with E-state index in [-0.39, 0.29) is 5.60 Å². The minimum atomic E-state index is -0.0474. The molecule has 0 aromatic heterocycles. The summed E-state index contributed by atoms with van der Waals surface area (Å²) in [4.78, 5) is 0. The number of ether oxygens (including phenoxy) is 1. The smallest absolute Gasteiger partial charge is 0.0598 e. The summed E-state index contributed by atoms with van der Waals surface area (Å²) in [5, 5.41) is 3.65. The summed E-state index contributed by atoms with van der Waals surface area (Å²) in [6.07, 6.45) is 3.75. The lowest BCUT2D eigenvalue weighted by Crippen LogP contribution is -2.26. The fourth-order valence-electron chi connectivity index (χ4n) is 2.23. The fraction of sp³-hybridized carbons (Fsp3) is 0.647. The lowest BCUT2D eigenvalue weighted by atomic mass is 9.96. The van der Waals surface area contributed by atoms with Gasteiger partial charge in [0.1, 0.15) is 0 Å². The van der Waals surface area contributed by atoms with Crippen LogP contribution < -0.4 is 5.32 Å². The van der Waals surface area contributed by atoms with Gasteiger partial charge in [0.25, 0.3) is 0 Å². The van der Waals surface area contributed by atoms with E-state index in [9.17, 15) is 0 Å². The largest absolute Gasteiger partial charge is 0.376 e. The van der Waals surface area contributed by atoms with Gasteiger partial charge in [-0.2, -0.15) is 0 Å². The Balaban J connectivity index is 1.90. The molecule has 1 fully saturated rings. The lowest BCUT2D eigenvalue weighted by Gasteiger charge is -2.23. The van der Waals surface area contributed by atoms with Crippen LogP contribution in [0.1, 0.15) is 51.5 Å². The third-order valence-electron chi connectivity index (χ3n) is 3.57. The predicted octanol–water partition coefficient (Wildman–Crippen LogP) is 4.49. The van der Waals surface area contributed by atoms with Crippen LogP contribution in [0, 0.1) is 0 Å². The van der Waals surface area contributed by atoms with E-state index in [2.05, 4.69) is 66.3 Å². The Morgan fingerprint density at radius 1 is 1.25 bits per heavy atom. The second-order valence-corrected chi connectivity index (χ2v) is 7.60. The van der Waals surface area contributed by atoms with Gasteiger partial charge in [-0.1, -0.05) is 28.1 Å². The quantitative estimate of drug-likeness (QED) is 0.790. The summed E-state index contributed by atoms with van der Waals surface area (Å²) >= 11 is 3.51. The zero-order valence-corrected chi connectivity index (χ0v) is 14.4. The first-order chi connectivity index (χ1) is 9.44. The Kier molecular flexibility index (Phi) is 5.65. The molecule has 3 heteroatoms. The highest BCUT2D eigenvalue weighted by Crippen LogP contribution is 2.25. The number of hydrogen-bond acceptors (Lipinski definition) is 2. The van der Waals surface area contributed by atoms with Gasteiger partial charge in [-0.05, 0) is 63.6 Å². The molecule has 0 heterocycles. The Morgan fingerprint density at radius 2 is 1.90 bits per heavy atom. The monoisotopic (exact) mass is 339 g/mol. The molecule has 0 radical (unpaired) electrons. The molecular formula is C17H26BrNO. The van der Waals surface area contributed by atoms with Gasteiger partial charge in [0.15, 0.2) is 0 Å². The van der Waals surface area contributed by atoms with Crippen LogP contribution >= 0.6 is 15.9 Å². The van der Waals surface area contributed by atoms with Gasteiger partial charge in [-0.15, -0.1) is 0 Å². The molecular weight excluding hydrogens is 314 g/mol. The van der Waals surface area contributed by atoms with Crippen molar-refractivity contribution in [3.05, 3.63) is 34.3 Å². The molecule has 0 bridgehead atoms. The minimum Gasteiger partial charge on any atom is -0.376 e. The summed E-state index contributed by atoms with van der Waals surface area (Å²) in [7, 11) is 0. The molecule has 1 atom stereocenters. The molecule has 0 spiro atoms. The molecule has 20 heavy (non-hydrogen) atoms. The SMILES string of the molecule is CC(C)(C)OCCC(CNC1CC1)c1ccc(Br)cc1. The van der Waals surface area contributed by atoms with Crippen molar-refractivity contribution in [1.29, 1.82) is 0 Å². The van der Waals surface area contributed by atoms with E-state index in [1.165, 1.54) is 18.4 Å². The van der Waals surface area contributed by atoms with Crippen molar-refractivity contribution in [2.24, 2.45) is 0 Å². The maximum Gasteiger partial charge on any atom is 0.0598 e. The van der Waals surface area contributed by atoms with Crippen molar-refractivity contribution in [3.63, 3.8) is 0 Å². The molecule has 2 nitrogen and oxygen atoms in total. The zero-order valence-electron chi connectivity index (χ0n) is 12.8. The number of hydrogen-bond donors (Lipinski definition) is 1. The predicted molar refractivity (Wildman–Crippen MR) is 88.2 cm³/mol. The fourth-order valence-corrected chi connectivity index (χ4v) is 2.49. The molecule has 2 rings (SSSR count). The third-order valence-corrected chi connectivity index (χ3v) is 4.10. The van der Waals surface area contributed by atoms with E-state index in [1.54, 1.807) is 0 Å². The Bertz CT molecular complexity index is 406. The van der Waals surface area contributed by atoms with Crippen molar-refractivity contribution in [1.82, 2.24) is 5.32 Å². The number of benzene rings is 1. The van der Waals surface area contributed by atoms with Crippen molar-refractivity contribution >= 4 is 15.9 Å². The van der Waals surface area contributed by atoms with E-state index < -0.39 is 0 Å². The summed E-state index contributed by atoms with van der Waals surface area (Å²) in [6, 6.07) is 9.46. The van der Waals surface area contributed by atoms with Crippen LogP contribution in [0.2, 0.25) is 0 Å². The van der Waals surface area contributed by atoms with Crippen molar-refractivity contribution in [2.45, 2.75) is 57.6 Å². The Labute approximate surface area is 131 Å².